The van der Waals surface area contributed by atoms with E-state index in [-0.39, 0.29) is 83.6 Å². The summed E-state index contributed by atoms with van der Waals surface area (Å²) in [5, 5.41) is 6.14. The van der Waals surface area contributed by atoms with Gasteiger partial charge in [0, 0.05) is 68.7 Å². The molecule has 12 aliphatic rings. The quantitative estimate of drug-likeness (QED) is 0.0623. The summed E-state index contributed by atoms with van der Waals surface area (Å²) < 4.78 is 103. The number of benzene rings is 6. The van der Waals surface area contributed by atoms with Crippen molar-refractivity contribution in [2.45, 2.75) is 111 Å². The van der Waals surface area contributed by atoms with Gasteiger partial charge in [0.2, 0.25) is 53.9 Å². The van der Waals surface area contributed by atoms with Crippen molar-refractivity contribution >= 4 is 71.5 Å². The van der Waals surface area contributed by atoms with Gasteiger partial charge in [0.25, 0.3) is 17.7 Å². The first kappa shape index (κ1) is 80.7. The lowest BCUT2D eigenvalue weighted by Crippen LogP contribution is -2.73. The number of carbonyl (C=O) groups excluding carboxylic acids is 6. The Hall–Kier alpha value is -12.1. The average Bonchev–Trinajstić information content (AvgIpc) is 1.58. The Bertz CT molecular complexity index is 5920. The molecule has 36 heteroatoms. The Balaban J connectivity index is 0.000000121. The summed E-state index contributed by atoms with van der Waals surface area (Å²) in [6.07, 6.45) is 3.54. The van der Waals surface area contributed by atoms with Crippen LogP contribution in [0.5, 0.6) is 17.2 Å². The van der Waals surface area contributed by atoms with Crippen LogP contribution in [0.2, 0.25) is 0 Å². The summed E-state index contributed by atoms with van der Waals surface area (Å²) in [5.41, 5.74) is 5.74. The Morgan fingerprint density at radius 1 is 0.415 bits per heavy atom. The van der Waals surface area contributed by atoms with Crippen LogP contribution in [0.1, 0.15) is 125 Å². The molecule has 0 unspecified atom stereocenters. The fourth-order valence-corrected chi connectivity index (χ4v) is 21.2. The van der Waals surface area contributed by atoms with Crippen molar-refractivity contribution in [3.63, 3.8) is 0 Å². The summed E-state index contributed by atoms with van der Waals surface area (Å²) in [5.74, 6) is -0.556. The summed E-state index contributed by atoms with van der Waals surface area (Å²) in [6, 6.07) is 44.8. The third-order valence-electron chi connectivity index (χ3n) is 24.0. The van der Waals surface area contributed by atoms with Gasteiger partial charge < -0.3 is 76.3 Å². The standard InChI is InChI=1S/C29H26FN3O8S.C29H26FN3O7S.C29H27N3O7S/c1-37-28(36)40-16-39-26-21(34)8-9-32-25(26)27(35)31-13-29(14-38-15-29)41-11-23(31)33(32)24-19-7-6-18(30)10-17(19)12-42-22-5-3-2-4-20(22)24;1-37-28(36)39-16-38-26-21(34)8-11-32-25(26)27(35)31-15-29(9-10-29)40-13-23(31)33(32)24-19-7-6-18(30)12-17(19)14-41-22-5-3-2-4-20(22)24;1-36-28(35)39-17-38-26-21(33)10-13-30-25(26)27(34)31-23(14-37-16-29(31)11-12-29)32(30)24-19-7-3-2-6-18(19)15-40-22-9-5-4-8-20(22)24/h2-10,23-24H,11-16H2,1H3;2-8,11-12,23-24H,9-10,13-16H2,1H3;2-10,13,23-24H,11-12,14-17H2,1H3/t3*23-,24+/m111/s1. The van der Waals surface area contributed by atoms with E-state index in [0.29, 0.717) is 44.5 Å². The molecule has 636 valence electrons. The Morgan fingerprint density at radius 2 is 0.797 bits per heavy atom. The molecule has 123 heavy (non-hydrogen) atoms. The van der Waals surface area contributed by atoms with E-state index in [2.05, 4.69) is 43.5 Å². The van der Waals surface area contributed by atoms with Crippen LogP contribution in [-0.2, 0) is 64.6 Å². The van der Waals surface area contributed by atoms with Gasteiger partial charge in [-0.2, -0.15) is 0 Å². The molecule has 0 N–H and O–H groups in total. The third kappa shape index (κ3) is 14.5. The van der Waals surface area contributed by atoms with Crippen molar-refractivity contribution in [1.29, 1.82) is 0 Å². The van der Waals surface area contributed by atoms with Crippen molar-refractivity contribution in [2.24, 2.45) is 0 Å². The second-order valence-corrected chi connectivity index (χ2v) is 34.2. The molecule has 0 radical (unpaired) electrons. The zero-order valence-electron chi connectivity index (χ0n) is 66.3. The van der Waals surface area contributed by atoms with Crippen LogP contribution in [-0.4, -0.2) is 195 Å². The molecule has 4 saturated heterocycles. The maximum atomic E-state index is 14.5. The Kier molecular flexibility index (Phi) is 21.4. The summed E-state index contributed by atoms with van der Waals surface area (Å²) in [7, 11) is 3.48. The number of aromatic nitrogens is 3. The number of fused-ring (bicyclic) bond motifs is 13. The predicted molar refractivity (Wildman–Crippen MR) is 436 cm³/mol. The number of morpholine rings is 3. The smallest absolute Gasteiger partial charge is 0.451 e. The summed E-state index contributed by atoms with van der Waals surface area (Å²) in [4.78, 5) is 125. The second kappa shape index (κ2) is 32.6. The van der Waals surface area contributed by atoms with E-state index in [1.54, 1.807) is 89.7 Å². The molecule has 0 bridgehead atoms. The zero-order chi connectivity index (χ0) is 84.7. The molecule has 3 aromatic heterocycles. The molecular weight excluding hydrogens is 1660 g/mol. The van der Waals surface area contributed by atoms with Crippen molar-refractivity contribution in [2.75, 3.05) is 109 Å². The molecule has 6 fully saturated rings. The van der Waals surface area contributed by atoms with Crippen LogP contribution in [0.25, 0.3) is 0 Å². The number of pyridine rings is 3. The van der Waals surface area contributed by atoms with Gasteiger partial charge in [-0.15, -0.1) is 35.3 Å². The SMILES string of the molecule is COC(=O)OCOc1c2n(ccc1=O)N([C@H]1c3ccc(F)cc3CSc3ccccc31)[C@@H]1COC3(CC3)CN1C2=O.COC(=O)OCOc1c2n(ccc1=O)N([C@H]1c3ccc(F)cc3CSc3ccccc31)[C@@H]1COC3(COC3)CN1C2=O.COC(=O)OCOc1c2n(ccc1=O)N([C@H]1c3ccccc3CSc3ccccc31)[C@@H]1COCC3(CC3)N1C2=O. The number of thioether (sulfide) groups is 3. The highest BCUT2D eigenvalue weighted by molar-refractivity contribution is 7.99. The van der Waals surface area contributed by atoms with Gasteiger partial charge in [0.05, 0.1) is 103 Å². The third-order valence-corrected chi connectivity index (χ3v) is 27.4. The molecule has 13 heterocycles. The fourth-order valence-electron chi connectivity index (χ4n) is 17.9. The van der Waals surface area contributed by atoms with Gasteiger partial charge in [0.1, 0.15) is 35.7 Å². The maximum Gasteiger partial charge on any atom is 0.510 e. The molecule has 3 amide bonds. The normalized spacial score (nSPS) is 21.7. The minimum atomic E-state index is -0.996. The van der Waals surface area contributed by atoms with E-state index >= 15 is 0 Å². The second-order valence-electron chi connectivity index (χ2n) is 31.1. The average molecular weight is 1740 g/mol. The maximum absolute atomic E-state index is 14.5. The van der Waals surface area contributed by atoms with E-state index in [0.717, 1.165) is 105 Å². The molecule has 31 nitrogen and oxygen atoms in total. The van der Waals surface area contributed by atoms with Crippen molar-refractivity contribution in [3.05, 3.63) is 280 Å². The van der Waals surface area contributed by atoms with E-state index in [1.165, 1.54) is 55.3 Å². The van der Waals surface area contributed by atoms with Gasteiger partial charge in [-0.05, 0) is 118 Å². The molecule has 3 spiro atoms. The first-order valence-electron chi connectivity index (χ1n) is 39.6. The van der Waals surface area contributed by atoms with Gasteiger partial charge in [0.15, 0.2) is 17.1 Å². The van der Waals surface area contributed by atoms with Gasteiger partial charge in [-0.3, -0.25) is 57.8 Å². The number of halogens is 2. The van der Waals surface area contributed by atoms with Crippen molar-refractivity contribution in [1.82, 2.24) is 28.7 Å². The van der Waals surface area contributed by atoms with Crippen molar-refractivity contribution < 1.29 is 99.1 Å². The van der Waals surface area contributed by atoms with Gasteiger partial charge >= 0.3 is 18.5 Å². The Morgan fingerprint density at radius 3 is 1.21 bits per heavy atom. The molecule has 2 saturated carbocycles. The van der Waals surface area contributed by atoms with Crippen LogP contribution in [0.3, 0.4) is 0 Å². The summed E-state index contributed by atoms with van der Waals surface area (Å²) in [6.45, 7) is 0.612. The monoisotopic (exact) mass is 1740 g/mol. The highest BCUT2D eigenvalue weighted by Gasteiger charge is 2.62. The number of carbonyl (C=O) groups is 6. The number of amides is 3. The number of hydrogen-bond donors (Lipinski definition) is 0. The minimum Gasteiger partial charge on any atom is -0.451 e. The van der Waals surface area contributed by atoms with E-state index in [9.17, 15) is 51.9 Å². The molecule has 21 rings (SSSR count). The lowest BCUT2D eigenvalue weighted by atomic mass is 9.92. The lowest BCUT2D eigenvalue weighted by Gasteiger charge is -2.57. The number of ether oxygens (including phenoxy) is 13. The molecule has 6 atom stereocenters. The van der Waals surface area contributed by atoms with E-state index < -0.39 is 108 Å². The molecule has 6 aromatic carbocycles. The lowest BCUT2D eigenvalue weighted by molar-refractivity contribution is -0.245. The van der Waals surface area contributed by atoms with Crippen molar-refractivity contribution in [3.8, 4) is 17.2 Å². The molecular formula is C87H79F2N9O22S3. The molecule has 10 aliphatic heterocycles. The highest BCUT2D eigenvalue weighted by Crippen LogP contribution is 2.54. The first-order chi connectivity index (χ1) is 59.8. The predicted octanol–water partition coefficient (Wildman–Crippen LogP) is 10.5. The van der Waals surface area contributed by atoms with Crippen LogP contribution < -0.4 is 45.5 Å². The van der Waals surface area contributed by atoms with E-state index in [4.69, 9.17) is 47.4 Å². The topological polar surface area (TPSA) is 308 Å². The zero-order valence-corrected chi connectivity index (χ0v) is 68.8. The number of methoxy groups -OCH3 is 3. The first-order valence-corrected chi connectivity index (χ1v) is 42.6. The fraction of sp³-hybridized carbons (Fsp3) is 0.345. The number of hydrogen-bond acceptors (Lipinski definition) is 28. The molecule has 9 aromatic rings. The van der Waals surface area contributed by atoms with Crippen LogP contribution in [0.15, 0.2) is 199 Å². The van der Waals surface area contributed by atoms with Crippen LogP contribution in [0.4, 0.5) is 23.2 Å². The van der Waals surface area contributed by atoms with Gasteiger partial charge in [-0.25, -0.2) is 23.2 Å². The number of nitrogens with zero attached hydrogens (tertiary/aromatic N) is 9. The Labute approximate surface area is 712 Å². The highest BCUT2D eigenvalue weighted by atomic mass is 32.2. The van der Waals surface area contributed by atoms with Crippen LogP contribution in [0, 0.1) is 11.6 Å². The van der Waals surface area contributed by atoms with Gasteiger partial charge in [-0.1, -0.05) is 91.0 Å². The van der Waals surface area contributed by atoms with E-state index in [1.807, 2.05) is 87.7 Å². The minimum absolute atomic E-state index is 0.0120. The van der Waals surface area contributed by atoms with Crippen LogP contribution >= 0.6 is 35.3 Å². The number of rotatable bonds is 12. The largest absolute Gasteiger partial charge is 0.510 e. The molecule has 2 aliphatic carbocycles. The summed E-state index contributed by atoms with van der Waals surface area (Å²) >= 11 is 5.01.